The number of hydrogen-bond acceptors (Lipinski definition) is 6. The third-order valence-electron chi connectivity index (χ3n) is 5.66. The summed E-state index contributed by atoms with van der Waals surface area (Å²) in [6, 6.07) is 16.1. The summed E-state index contributed by atoms with van der Waals surface area (Å²) in [5.41, 5.74) is 2.63. The average Bonchev–Trinajstić information content (AvgIpc) is 3.20. The molecule has 2 unspecified atom stereocenters. The summed E-state index contributed by atoms with van der Waals surface area (Å²) in [5, 5.41) is 27.4. The molecule has 0 amide bonds. The highest BCUT2D eigenvalue weighted by atomic mass is 127. The average molecular weight is 600 g/mol. The van der Waals surface area contributed by atoms with Crippen LogP contribution in [0.5, 0.6) is 11.5 Å². The fourth-order valence-electron chi connectivity index (χ4n) is 3.38. The Balaban J connectivity index is 1.56. The fraction of sp³-hybridized carbons (Fsp3) is 0.440. The molecule has 0 bridgehead atoms. The molecule has 0 saturated heterocycles. The minimum Gasteiger partial charge on any atom is -0.493 e. The predicted octanol–water partition coefficient (Wildman–Crippen LogP) is 4.39. The maximum absolute atomic E-state index is 10.3. The second kappa shape index (κ2) is 12.2. The van der Waals surface area contributed by atoms with Gasteiger partial charge in [0.1, 0.15) is 33.6 Å². The molecule has 3 aromatic rings. The Labute approximate surface area is 219 Å². The maximum Gasteiger partial charge on any atom is 0.125 e. The number of halogens is 2. The molecule has 0 spiro atoms. The Morgan fingerprint density at radius 1 is 1.00 bits per heavy atom. The summed E-state index contributed by atoms with van der Waals surface area (Å²) in [5.74, 6) is 2.41. The molecule has 9 heteroatoms. The van der Waals surface area contributed by atoms with Gasteiger partial charge >= 0.3 is 0 Å². The highest BCUT2D eigenvalue weighted by Crippen LogP contribution is 2.33. The molecule has 0 fully saturated rings. The van der Waals surface area contributed by atoms with Crippen LogP contribution < -0.4 is 9.47 Å². The molecule has 3 rings (SSSR count). The smallest absolute Gasteiger partial charge is 0.125 e. The number of ether oxygens (including phenoxy) is 2. The Bertz CT molecular complexity index is 1040. The van der Waals surface area contributed by atoms with Gasteiger partial charge in [0.05, 0.1) is 19.8 Å². The van der Waals surface area contributed by atoms with E-state index in [0.717, 1.165) is 11.3 Å². The molecule has 0 saturated carbocycles. The van der Waals surface area contributed by atoms with Gasteiger partial charge in [0, 0.05) is 17.2 Å². The number of benzene rings is 2. The molecule has 184 valence electrons. The normalized spacial score (nSPS) is 13.5. The number of hydrogen-bond donors (Lipinski definition) is 2. The van der Waals surface area contributed by atoms with E-state index in [-0.39, 0.29) is 25.2 Å². The third-order valence-corrected chi connectivity index (χ3v) is 7.37. The van der Waals surface area contributed by atoms with Crippen molar-refractivity contribution < 1.29 is 19.7 Å². The van der Waals surface area contributed by atoms with E-state index in [4.69, 9.17) is 21.1 Å². The van der Waals surface area contributed by atoms with Crippen molar-refractivity contribution in [1.82, 2.24) is 15.0 Å². The van der Waals surface area contributed by atoms with E-state index >= 15 is 0 Å². The zero-order chi connectivity index (χ0) is 24.7. The number of alkyl halides is 1. The third kappa shape index (κ3) is 6.84. The van der Waals surface area contributed by atoms with Crippen LogP contribution in [0.1, 0.15) is 37.6 Å². The molecular formula is C25H31ClIN3O4. The lowest BCUT2D eigenvalue weighted by molar-refractivity contribution is 0.0881. The van der Waals surface area contributed by atoms with Gasteiger partial charge in [-0.3, -0.25) is 0 Å². The molecule has 34 heavy (non-hydrogen) atoms. The summed E-state index contributed by atoms with van der Waals surface area (Å²) in [7, 11) is 0. The first kappa shape index (κ1) is 26.7. The first-order valence-electron chi connectivity index (χ1n) is 11.1. The Morgan fingerprint density at radius 3 is 2.00 bits per heavy atom. The first-order valence-corrected chi connectivity index (χ1v) is 12.7. The summed E-state index contributed by atoms with van der Waals surface area (Å²) < 4.78 is 13.8. The second-order valence-electron chi connectivity index (χ2n) is 8.88. The molecule has 1 aromatic heterocycles. The van der Waals surface area contributed by atoms with Gasteiger partial charge in [-0.1, -0.05) is 50.3 Å². The highest BCUT2D eigenvalue weighted by Gasteiger charge is 2.23. The SMILES string of the molecule is CC(CCl)COc1ccc(C(C)(C)c2ccc(OCC(O)Cn3nnc(CO)c3I)cc2)cc1. The lowest BCUT2D eigenvalue weighted by Crippen LogP contribution is -2.25. The molecule has 0 aliphatic carbocycles. The van der Waals surface area contributed by atoms with E-state index in [2.05, 4.69) is 43.2 Å². The minimum absolute atomic E-state index is 0.122. The van der Waals surface area contributed by atoms with E-state index in [1.54, 1.807) is 4.68 Å². The summed E-state index contributed by atoms with van der Waals surface area (Å²) in [4.78, 5) is 0. The van der Waals surface area contributed by atoms with Crippen molar-refractivity contribution in [1.29, 1.82) is 0 Å². The number of nitrogens with zero attached hydrogens (tertiary/aromatic N) is 3. The minimum atomic E-state index is -0.758. The highest BCUT2D eigenvalue weighted by molar-refractivity contribution is 14.1. The van der Waals surface area contributed by atoms with E-state index in [1.807, 2.05) is 59.0 Å². The molecule has 0 aliphatic rings. The quantitative estimate of drug-likeness (QED) is 0.237. The summed E-state index contributed by atoms with van der Waals surface area (Å²) >= 11 is 7.90. The van der Waals surface area contributed by atoms with Crippen molar-refractivity contribution in [2.45, 2.75) is 45.4 Å². The van der Waals surface area contributed by atoms with Crippen LogP contribution in [0.4, 0.5) is 0 Å². The van der Waals surface area contributed by atoms with Gasteiger partial charge in [-0.15, -0.1) is 16.7 Å². The molecule has 0 radical (unpaired) electrons. The van der Waals surface area contributed by atoms with Gasteiger partial charge in [0.25, 0.3) is 0 Å². The monoisotopic (exact) mass is 599 g/mol. The molecule has 1 heterocycles. The summed E-state index contributed by atoms with van der Waals surface area (Å²) in [6.07, 6.45) is -0.758. The van der Waals surface area contributed by atoms with Crippen LogP contribution in [0.15, 0.2) is 48.5 Å². The van der Waals surface area contributed by atoms with Crippen LogP contribution in [0.2, 0.25) is 0 Å². The molecule has 2 atom stereocenters. The first-order chi connectivity index (χ1) is 16.2. The molecule has 2 N–H and O–H groups in total. The van der Waals surface area contributed by atoms with Crippen molar-refractivity contribution in [3.63, 3.8) is 0 Å². The van der Waals surface area contributed by atoms with Gasteiger partial charge in [-0.25, -0.2) is 4.68 Å². The number of rotatable bonds is 12. The maximum atomic E-state index is 10.3. The lowest BCUT2D eigenvalue weighted by atomic mass is 9.78. The van der Waals surface area contributed by atoms with Crippen LogP contribution in [0, 0.1) is 9.62 Å². The molecule has 2 aromatic carbocycles. The van der Waals surface area contributed by atoms with Gasteiger partial charge in [0.2, 0.25) is 0 Å². The Morgan fingerprint density at radius 2 is 1.53 bits per heavy atom. The largest absolute Gasteiger partial charge is 0.493 e. The molecule has 7 nitrogen and oxygen atoms in total. The van der Waals surface area contributed by atoms with E-state index < -0.39 is 6.10 Å². The predicted molar refractivity (Wildman–Crippen MR) is 141 cm³/mol. The lowest BCUT2D eigenvalue weighted by Gasteiger charge is -2.26. The molecular weight excluding hydrogens is 569 g/mol. The van der Waals surface area contributed by atoms with Crippen LogP contribution in [-0.4, -0.2) is 50.4 Å². The van der Waals surface area contributed by atoms with Crippen molar-refractivity contribution in [2.24, 2.45) is 5.92 Å². The van der Waals surface area contributed by atoms with Crippen molar-refractivity contribution in [2.75, 3.05) is 19.1 Å². The van der Waals surface area contributed by atoms with Crippen molar-refractivity contribution in [3.8, 4) is 11.5 Å². The Kier molecular flexibility index (Phi) is 9.58. The van der Waals surface area contributed by atoms with E-state index in [0.29, 0.717) is 33.5 Å². The second-order valence-corrected chi connectivity index (χ2v) is 10.2. The van der Waals surface area contributed by atoms with Gasteiger partial charge in [-0.05, 0) is 58.0 Å². The zero-order valence-electron chi connectivity index (χ0n) is 19.6. The van der Waals surface area contributed by atoms with E-state index in [1.165, 1.54) is 5.56 Å². The summed E-state index contributed by atoms with van der Waals surface area (Å²) in [6.45, 7) is 7.20. The van der Waals surface area contributed by atoms with Crippen molar-refractivity contribution in [3.05, 3.63) is 69.1 Å². The van der Waals surface area contributed by atoms with Crippen LogP contribution in [-0.2, 0) is 18.6 Å². The number of aliphatic hydroxyl groups excluding tert-OH is 2. The number of aromatic nitrogens is 3. The van der Waals surface area contributed by atoms with Gasteiger partial charge in [-0.2, -0.15) is 0 Å². The fourth-order valence-corrected chi connectivity index (χ4v) is 4.04. The standard InChI is InChI=1S/C25H31ClIN3O4/c1-17(12-26)15-33-21-8-4-18(5-9-21)25(2,3)19-6-10-22(11-7-19)34-16-20(32)13-30-24(27)23(14-31)28-29-30/h4-11,17,20,31-32H,12-16H2,1-3H3. The van der Waals surface area contributed by atoms with Gasteiger partial charge in [0.15, 0.2) is 0 Å². The van der Waals surface area contributed by atoms with Crippen LogP contribution in [0.25, 0.3) is 0 Å². The Hall–Kier alpha value is -1.88. The molecule has 0 aliphatic heterocycles. The van der Waals surface area contributed by atoms with E-state index in [9.17, 15) is 10.2 Å². The topological polar surface area (TPSA) is 89.6 Å². The van der Waals surface area contributed by atoms with Crippen LogP contribution in [0.3, 0.4) is 0 Å². The zero-order valence-corrected chi connectivity index (χ0v) is 22.5. The number of aliphatic hydroxyl groups is 2. The van der Waals surface area contributed by atoms with Crippen LogP contribution >= 0.6 is 34.2 Å². The van der Waals surface area contributed by atoms with Crippen molar-refractivity contribution >= 4 is 34.2 Å². The van der Waals surface area contributed by atoms with Gasteiger partial charge < -0.3 is 19.7 Å².